The number of hydrogen-bond donors (Lipinski definition) is 2. The van der Waals surface area contributed by atoms with E-state index in [-0.39, 0.29) is 5.60 Å². The van der Waals surface area contributed by atoms with E-state index in [1.807, 2.05) is 26.8 Å². The number of carbonyl (C=O) groups excluding carboxylic acids is 1. The predicted octanol–water partition coefficient (Wildman–Crippen LogP) is 3.56. The van der Waals surface area contributed by atoms with Crippen LogP contribution in [0.5, 0.6) is 11.5 Å². The van der Waals surface area contributed by atoms with Crippen molar-refractivity contribution in [2.75, 3.05) is 25.5 Å². The minimum atomic E-state index is -0.541. The molecule has 0 spiro atoms. The van der Waals surface area contributed by atoms with Gasteiger partial charge in [0.2, 0.25) is 0 Å². The first-order chi connectivity index (χ1) is 11.2. The fourth-order valence-electron chi connectivity index (χ4n) is 2.57. The summed E-state index contributed by atoms with van der Waals surface area (Å²) < 4.78 is 16.9. The van der Waals surface area contributed by atoms with Gasteiger partial charge in [-0.15, -0.1) is 0 Å². The monoisotopic (exact) mass is 336 g/mol. The van der Waals surface area contributed by atoms with Crippen molar-refractivity contribution in [3.05, 3.63) is 18.2 Å². The summed E-state index contributed by atoms with van der Waals surface area (Å²) in [7, 11) is 1.59. The molecule has 1 amide bonds. The van der Waals surface area contributed by atoms with Crippen molar-refractivity contribution in [2.45, 2.75) is 51.7 Å². The highest BCUT2D eigenvalue weighted by molar-refractivity contribution is 5.85. The van der Waals surface area contributed by atoms with Crippen LogP contribution in [-0.2, 0) is 4.74 Å². The third kappa shape index (κ3) is 5.30. The third-order valence-electron chi connectivity index (χ3n) is 3.83. The predicted molar refractivity (Wildman–Crippen MR) is 94.0 cm³/mol. The molecule has 1 aromatic rings. The Hall–Kier alpha value is -1.95. The first kappa shape index (κ1) is 18.4. The molecule has 1 heterocycles. The van der Waals surface area contributed by atoms with Crippen molar-refractivity contribution in [3.63, 3.8) is 0 Å². The van der Waals surface area contributed by atoms with Gasteiger partial charge in [0.15, 0.2) is 11.5 Å². The second-order valence-corrected chi connectivity index (χ2v) is 7.29. The summed E-state index contributed by atoms with van der Waals surface area (Å²) in [6.45, 7) is 9.46. The SMILES string of the molecule is COc1cc(NC(=O)OC(C)(C)C)ccc1OC1(C)CCNCC1. The highest BCUT2D eigenvalue weighted by Gasteiger charge is 2.29. The molecule has 6 nitrogen and oxygen atoms in total. The van der Waals surface area contributed by atoms with Crippen LogP contribution in [0.3, 0.4) is 0 Å². The first-order valence-corrected chi connectivity index (χ1v) is 8.29. The quantitative estimate of drug-likeness (QED) is 0.880. The molecular weight excluding hydrogens is 308 g/mol. The maximum atomic E-state index is 11.9. The molecule has 0 atom stereocenters. The van der Waals surface area contributed by atoms with E-state index < -0.39 is 11.7 Å². The number of anilines is 1. The number of carbonyl (C=O) groups is 1. The lowest BCUT2D eigenvalue weighted by atomic mass is 9.94. The molecular formula is C18H28N2O4. The van der Waals surface area contributed by atoms with Gasteiger partial charge in [-0.3, -0.25) is 5.32 Å². The highest BCUT2D eigenvalue weighted by atomic mass is 16.6. The summed E-state index contributed by atoms with van der Waals surface area (Å²) in [5.41, 5.74) is -0.150. The van der Waals surface area contributed by atoms with Crippen LogP contribution in [-0.4, -0.2) is 37.5 Å². The number of benzene rings is 1. The molecule has 1 fully saturated rings. The number of hydrogen-bond acceptors (Lipinski definition) is 5. The standard InChI is InChI=1S/C18H28N2O4/c1-17(2,3)24-16(21)20-13-6-7-14(15(12-13)22-5)23-18(4)8-10-19-11-9-18/h6-7,12,19H,8-11H2,1-5H3,(H,20,21). The topological polar surface area (TPSA) is 68.8 Å². The molecule has 1 aliphatic rings. The summed E-state index contributed by atoms with van der Waals surface area (Å²) in [5, 5.41) is 6.04. The number of amides is 1. The number of methoxy groups -OCH3 is 1. The van der Waals surface area contributed by atoms with Gasteiger partial charge < -0.3 is 19.5 Å². The molecule has 0 unspecified atom stereocenters. The van der Waals surface area contributed by atoms with Gasteiger partial charge in [0, 0.05) is 11.8 Å². The average molecular weight is 336 g/mol. The van der Waals surface area contributed by atoms with Crippen molar-refractivity contribution in [1.82, 2.24) is 5.32 Å². The summed E-state index contributed by atoms with van der Waals surface area (Å²) in [6, 6.07) is 5.34. The molecule has 0 aliphatic carbocycles. The van der Waals surface area contributed by atoms with Crippen LogP contribution in [0.1, 0.15) is 40.5 Å². The Kier molecular flexibility index (Phi) is 5.59. The van der Waals surface area contributed by atoms with Gasteiger partial charge in [-0.05, 0) is 65.8 Å². The Morgan fingerprint density at radius 3 is 2.46 bits per heavy atom. The van der Waals surface area contributed by atoms with Crippen molar-refractivity contribution in [1.29, 1.82) is 0 Å². The Labute approximate surface area is 143 Å². The third-order valence-corrected chi connectivity index (χ3v) is 3.83. The number of rotatable bonds is 4. The minimum absolute atomic E-state index is 0.210. The molecule has 6 heteroatoms. The summed E-state index contributed by atoms with van der Waals surface area (Å²) in [5.74, 6) is 1.26. The van der Waals surface area contributed by atoms with Crippen LogP contribution in [0.25, 0.3) is 0 Å². The highest BCUT2D eigenvalue weighted by Crippen LogP contribution is 2.35. The molecule has 0 saturated carbocycles. The van der Waals surface area contributed by atoms with Gasteiger partial charge in [0.1, 0.15) is 11.2 Å². The van der Waals surface area contributed by atoms with E-state index in [4.69, 9.17) is 14.2 Å². The summed E-state index contributed by atoms with van der Waals surface area (Å²) in [6.07, 6.45) is 1.38. The molecule has 1 saturated heterocycles. The maximum absolute atomic E-state index is 11.9. The summed E-state index contributed by atoms with van der Waals surface area (Å²) >= 11 is 0. The molecule has 2 rings (SSSR count). The number of piperidine rings is 1. The zero-order valence-electron chi connectivity index (χ0n) is 15.2. The molecule has 0 radical (unpaired) electrons. The van der Waals surface area contributed by atoms with Gasteiger partial charge in [-0.25, -0.2) is 4.79 Å². The average Bonchev–Trinajstić information content (AvgIpc) is 2.47. The fraction of sp³-hybridized carbons (Fsp3) is 0.611. The summed E-state index contributed by atoms with van der Waals surface area (Å²) in [4.78, 5) is 11.9. The van der Waals surface area contributed by atoms with Crippen molar-refractivity contribution in [3.8, 4) is 11.5 Å². The molecule has 0 bridgehead atoms. The maximum Gasteiger partial charge on any atom is 0.412 e. The normalized spacial score (nSPS) is 17.0. The zero-order valence-corrected chi connectivity index (χ0v) is 15.2. The van der Waals surface area contributed by atoms with Crippen LogP contribution in [0, 0.1) is 0 Å². The van der Waals surface area contributed by atoms with Crippen LogP contribution in [0.4, 0.5) is 10.5 Å². The molecule has 24 heavy (non-hydrogen) atoms. The largest absolute Gasteiger partial charge is 0.493 e. The van der Waals surface area contributed by atoms with E-state index in [9.17, 15) is 4.79 Å². The second kappa shape index (κ2) is 7.30. The Bertz CT molecular complexity index is 575. The van der Waals surface area contributed by atoms with Gasteiger partial charge in [0.25, 0.3) is 0 Å². The lowest BCUT2D eigenvalue weighted by Crippen LogP contribution is -2.43. The second-order valence-electron chi connectivity index (χ2n) is 7.29. The smallest absolute Gasteiger partial charge is 0.412 e. The van der Waals surface area contributed by atoms with Crippen LogP contribution >= 0.6 is 0 Å². The number of nitrogens with one attached hydrogen (secondary N) is 2. The van der Waals surface area contributed by atoms with E-state index in [1.54, 1.807) is 19.2 Å². The molecule has 0 aromatic heterocycles. The van der Waals surface area contributed by atoms with Gasteiger partial charge in [-0.1, -0.05) is 0 Å². The molecule has 1 aliphatic heterocycles. The lowest BCUT2D eigenvalue weighted by molar-refractivity contribution is 0.0526. The van der Waals surface area contributed by atoms with E-state index in [1.165, 1.54) is 0 Å². The lowest BCUT2D eigenvalue weighted by Gasteiger charge is -2.35. The van der Waals surface area contributed by atoms with Crippen molar-refractivity contribution >= 4 is 11.8 Å². The Morgan fingerprint density at radius 2 is 1.88 bits per heavy atom. The minimum Gasteiger partial charge on any atom is -0.493 e. The van der Waals surface area contributed by atoms with E-state index in [0.717, 1.165) is 25.9 Å². The van der Waals surface area contributed by atoms with Crippen molar-refractivity contribution < 1.29 is 19.0 Å². The van der Waals surface area contributed by atoms with Crippen LogP contribution in [0.2, 0.25) is 0 Å². The van der Waals surface area contributed by atoms with Gasteiger partial charge in [0.05, 0.1) is 7.11 Å². The van der Waals surface area contributed by atoms with E-state index >= 15 is 0 Å². The van der Waals surface area contributed by atoms with Crippen LogP contribution < -0.4 is 20.1 Å². The van der Waals surface area contributed by atoms with Gasteiger partial charge >= 0.3 is 6.09 Å². The first-order valence-electron chi connectivity index (χ1n) is 8.29. The molecule has 1 aromatic carbocycles. The Balaban J connectivity index is 2.08. The van der Waals surface area contributed by atoms with Crippen molar-refractivity contribution in [2.24, 2.45) is 0 Å². The molecule has 2 N–H and O–H groups in total. The number of ether oxygens (including phenoxy) is 3. The van der Waals surface area contributed by atoms with E-state index in [2.05, 4.69) is 17.6 Å². The Morgan fingerprint density at radius 1 is 1.21 bits per heavy atom. The zero-order chi connectivity index (χ0) is 17.8. The van der Waals surface area contributed by atoms with Crippen LogP contribution in [0.15, 0.2) is 18.2 Å². The fourth-order valence-corrected chi connectivity index (χ4v) is 2.57. The molecule has 134 valence electrons. The van der Waals surface area contributed by atoms with E-state index in [0.29, 0.717) is 17.2 Å². The van der Waals surface area contributed by atoms with Gasteiger partial charge in [-0.2, -0.15) is 0 Å².